The fourth-order valence-corrected chi connectivity index (χ4v) is 7.66. The Bertz CT molecular complexity index is 2680. The van der Waals surface area contributed by atoms with Crippen molar-refractivity contribution >= 4 is 54.6 Å². The van der Waals surface area contributed by atoms with Gasteiger partial charge in [0.25, 0.3) is 0 Å². The molecule has 0 unspecified atom stereocenters. The molecule has 0 atom stereocenters. The monoisotopic (exact) mass is 577 g/mol. The molecule has 0 N–H and O–H groups in total. The van der Waals surface area contributed by atoms with Crippen LogP contribution in [0.3, 0.4) is 0 Å². The van der Waals surface area contributed by atoms with Gasteiger partial charge in [0.15, 0.2) is 5.58 Å². The predicted molar refractivity (Wildman–Crippen MR) is 184 cm³/mol. The van der Waals surface area contributed by atoms with Gasteiger partial charge in [0, 0.05) is 37.9 Å². The highest BCUT2D eigenvalue weighted by Gasteiger charge is 2.36. The Labute approximate surface area is 259 Å². The number of benzene rings is 6. The second-order valence-electron chi connectivity index (χ2n) is 12.6. The Morgan fingerprint density at radius 3 is 2.20 bits per heavy atom. The zero-order chi connectivity index (χ0) is 29.9. The highest BCUT2D eigenvalue weighted by molar-refractivity contribution is 6.22. The lowest BCUT2D eigenvalue weighted by atomic mass is 9.82. The lowest BCUT2D eigenvalue weighted by Crippen LogP contribution is -2.14. The lowest BCUT2D eigenvalue weighted by molar-refractivity contribution is 0.661. The number of hydrogen-bond donors (Lipinski definition) is 0. The van der Waals surface area contributed by atoms with Crippen LogP contribution in [0, 0.1) is 0 Å². The molecule has 6 aromatic carbocycles. The minimum absolute atomic E-state index is 0.113. The van der Waals surface area contributed by atoms with Crippen LogP contribution in [0.1, 0.15) is 25.0 Å². The van der Waals surface area contributed by atoms with Crippen molar-refractivity contribution in [3.63, 3.8) is 0 Å². The van der Waals surface area contributed by atoms with Gasteiger partial charge in [0.05, 0.1) is 16.7 Å². The standard InChI is InChI=1S/C41H27N3O/c1-41(2)32-17-9-6-14-25(32)30-23-35-31(22-33(30)41)27-20-21-28-26-15-8-11-19-36(26)45-39(28)38(27)44(35)40-42-34-18-10-7-16-29(34)37(43-40)24-12-4-3-5-13-24/h3-23H,1-2H3. The molecule has 0 spiro atoms. The van der Waals surface area contributed by atoms with Gasteiger partial charge in [-0.15, -0.1) is 0 Å². The Hall–Kier alpha value is -5.74. The molecule has 212 valence electrons. The van der Waals surface area contributed by atoms with Gasteiger partial charge in [-0.3, -0.25) is 4.57 Å². The van der Waals surface area contributed by atoms with Crippen LogP contribution in [0.25, 0.3) is 83.0 Å². The number of nitrogens with zero attached hydrogens (tertiary/aromatic N) is 3. The average molecular weight is 578 g/mol. The molecule has 1 aliphatic carbocycles. The number of para-hydroxylation sites is 2. The third kappa shape index (κ3) is 3.26. The van der Waals surface area contributed by atoms with Gasteiger partial charge < -0.3 is 4.42 Å². The van der Waals surface area contributed by atoms with E-state index in [1.165, 1.54) is 27.6 Å². The van der Waals surface area contributed by atoms with Crippen LogP contribution in [0.2, 0.25) is 0 Å². The fraction of sp³-hybridized carbons (Fsp3) is 0.0732. The molecule has 0 fully saturated rings. The van der Waals surface area contributed by atoms with E-state index < -0.39 is 0 Å². The van der Waals surface area contributed by atoms with Gasteiger partial charge in [0.2, 0.25) is 5.95 Å². The molecular formula is C41H27N3O. The third-order valence-corrected chi connectivity index (χ3v) is 9.81. The van der Waals surface area contributed by atoms with E-state index in [0.29, 0.717) is 5.95 Å². The normalized spacial score (nSPS) is 13.7. The van der Waals surface area contributed by atoms with E-state index in [9.17, 15) is 0 Å². The van der Waals surface area contributed by atoms with Crippen molar-refractivity contribution in [3.8, 4) is 28.3 Å². The van der Waals surface area contributed by atoms with E-state index >= 15 is 0 Å². The molecule has 4 nitrogen and oxygen atoms in total. The molecule has 4 heteroatoms. The first-order chi connectivity index (χ1) is 22.1. The molecule has 0 bridgehead atoms. The zero-order valence-corrected chi connectivity index (χ0v) is 24.9. The van der Waals surface area contributed by atoms with Gasteiger partial charge in [0.1, 0.15) is 11.1 Å². The number of rotatable bonds is 2. The van der Waals surface area contributed by atoms with E-state index in [4.69, 9.17) is 14.4 Å². The van der Waals surface area contributed by atoms with Crippen LogP contribution in [0.15, 0.2) is 132 Å². The predicted octanol–water partition coefficient (Wildman–Crippen LogP) is 10.6. The first kappa shape index (κ1) is 24.7. The van der Waals surface area contributed by atoms with E-state index in [1.54, 1.807) is 0 Å². The second-order valence-corrected chi connectivity index (χ2v) is 12.6. The van der Waals surface area contributed by atoms with Crippen molar-refractivity contribution in [1.29, 1.82) is 0 Å². The molecular weight excluding hydrogens is 550 g/mol. The van der Waals surface area contributed by atoms with E-state index in [2.05, 4.69) is 122 Å². The van der Waals surface area contributed by atoms with Crippen molar-refractivity contribution in [1.82, 2.24) is 14.5 Å². The fourth-order valence-electron chi connectivity index (χ4n) is 7.66. The number of aromatic nitrogens is 3. The van der Waals surface area contributed by atoms with Gasteiger partial charge in [-0.25, -0.2) is 9.97 Å². The minimum atomic E-state index is -0.113. The zero-order valence-electron chi connectivity index (χ0n) is 24.9. The van der Waals surface area contributed by atoms with Crippen LogP contribution < -0.4 is 0 Å². The quantitative estimate of drug-likeness (QED) is 0.205. The first-order valence-corrected chi connectivity index (χ1v) is 15.4. The summed E-state index contributed by atoms with van der Waals surface area (Å²) in [5.41, 5.74) is 11.8. The Morgan fingerprint density at radius 2 is 1.31 bits per heavy atom. The maximum absolute atomic E-state index is 6.68. The summed E-state index contributed by atoms with van der Waals surface area (Å²) in [5, 5.41) is 5.52. The van der Waals surface area contributed by atoms with Crippen molar-refractivity contribution in [3.05, 3.63) is 139 Å². The summed E-state index contributed by atoms with van der Waals surface area (Å²) in [6.07, 6.45) is 0. The summed E-state index contributed by atoms with van der Waals surface area (Å²) in [4.78, 5) is 10.6. The van der Waals surface area contributed by atoms with Crippen LogP contribution in [-0.2, 0) is 5.41 Å². The van der Waals surface area contributed by atoms with E-state index in [-0.39, 0.29) is 5.41 Å². The minimum Gasteiger partial charge on any atom is -0.454 e. The lowest BCUT2D eigenvalue weighted by Gasteiger charge is -2.21. The molecule has 45 heavy (non-hydrogen) atoms. The van der Waals surface area contributed by atoms with Crippen LogP contribution in [0.5, 0.6) is 0 Å². The number of hydrogen-bond acceptors (Lipinski definition) is 3. The molecule has 10 rings (SSSR count). The summed E-state index contributed by atoms with van der Waals surface area (Å²) in [7, 11) is 0. The van der Waals surface area contributed by atoms with Crippen LogP contribution in [0.4, 0.5) is 0 Å². The molecule has 0 aliphatic heterocycles. The number of furan rings is 1. The Kier molecular flexibility index (Phi) is 4.76. The number of fused-ring (bicyclic) bond motifs is 11. The highest BCUT2D eigenvalue weighted by Crippen LogP contribution is 2.51. The van der Waals surface area contributed by atoms with Crippen molar-refractivity contribution in [2.45, 2.75) is 19.3 Å². The van der Waals surface area contributed by atoms with Gasteiger partial charge >= 0.3 is 0 Å². The molecule has 0 amide bonds. The van der Waals surface area contributed by atoms with Crippen LogP contribution >= 0.6 is 0 Å². The summed E-state index contributed by atoms with van der Waals surface area (Å²) < 4.78 is 8.92. The van der Waals surface area contributed by atoms with Crippen molar-refractivity contribution < 1.29 is 4.42 Å². The van der Waals surface area contributed by atoms with Crippen LogP contribution in [-0.4, -0.2) is 14.5 Å². The van der Waals surface area contributed by atoms with Gasteiger partial charge in [-0.2, -0.15) is 0 Å². The Balaban J connectivity index is 1.40. The average Bonchev–Trinajstić information content (AvgIpc) is 3.70. The van der Waals surface area contributed by atoms with Crippen molar-refractivity contribution in [2.24, 2.45) is 0 Å². The summed E-state index contributed by atoms with van der Waals surface area (Å²) >= 11 is 0. The Morgan fingerprint density at radius 1 is 0.578 bits per heavy atom. The topological polar surface area (TPSA) is 43.9 Å². The first-order valence-electron chi connectivity index (χ1n) is 15.4. The molecule has 0 saturated carbocycles. The molecule has 1 aliphatic rings. The van der Waals surface area contributed by atoms with E-state index in [1.807, 2.05) is 24.3 Å². The summed E-state index contributed by atoms with van der Waals surface area (Å²) in [6.45, 7) is 4.66. The molecule has 9 aromatic rings. The summed E-state index contributed by atoms with van der Waals surface area (Å²) in [5.74, 6) is 0.631. The second kappa shape index (κ2) is 8.67. The molecule has 3 heterocycles. The molecule has 3 aromatic heterocycles. The van der Waals surface area contributed by atoms with Gasteiger partial charge in [-0.1, -0.05) is 111 Å². The third-order valence-electron chi connectivity index (χ3n) is 9.81. The smallest absolute Gasteiger partial charge is 0.235 e. The summed E-state index contributed by atoms with van der Waals surface area (Å²) in [6, 6.07) is 45.0. The van der Waals surface area contributed by atoms with Crippen molar-refractivity contribution in [2.75, 3.05) is 0 Å². The highest BCUT2D eigenvalue weighted by atomic mass is 16.3. The SMILES string of the molecule is CC1(C)c2ccccc2-c2cc3c(cc21)c1ccc2c4ccccc4oc2c1n3-c1nc(-c2ccccc2)c2ccccc2n1. The maximum atomic E-state index is 6.68. The molecule has 0 saturated heterocycles. The van der Waals surface area contributed by atoms with E-state index in [0.717, 1.165) is 60.5 Å². The maximum Gasteiger partial charge on any atom is 0.235 e. The largest absolute Gasteiger partial charge is 0.454 e. The molecule has 0 radical (unpaired) electrons. The van der Waals surface area contributed by atoms with Gasteiger partial charge in [-0.05, 0) is 52.6 Å².